The zero-order chi connectivity index (χ0) is 12.1. The first-order valence-corrected chi connectivity index (χ1v) is 4.80. The molecule has 3 amide bonds. The van der Waals surface area contributed by atoms with Crippen LogP contribution >= 0.6 is 0 Å². The largest absolute Gasteiger partial charge is 0.371 e. The molecule has 1 rings (SSSR count). The number of anilines is 1. The molecule has 0 fully saturated rings. The quantitative estimate of drug-likeness (QED) is 0.657. The molecular weight excluding hydrogens is 210 g/mol. The van der Waals surface area contributed by atoms with Gasteiger partial charge in [-0.15, -0.1) is 0 Å². The zero-order valence-corrected chi connectivity index (χ0v) is 9.44. The van der Waals surface area contributed by atoms with Gasteiger partial charge in [0.05, 0.1) is 11.9 Å². The lowest BCUT2D eigenvalue weighted by atomic mass is 10.3. The standard InChI is InChI=1S/C9H15N5O2/c1-6(8(15)13-9(16)10-2)12-7-4-11-14(3)5-7/h4-6,12H,1-3H3,(H2,10,13,15,16). The molecule has 0 saturated heterocycles. The van der Waals surface area contributed by atoms with Crippen LogP contribution < -0.4 is 16.0 Å². The van der Waals surface area contributed by atoms with Gasteiger partial charge in [0, 0.05) is 20.3 Å². The van der Waals surface area contributed by atoms with Crippen LogP contribution in [-0.2, 0) is 11.8 Å². The van der Waals surface area contributed by atoms with Gasteiger partial charge in [-0.25, -0.2) is 4.79 Å². The molecule has 1 unspecified atom stereocenters. The highest BCUT2D eigenvalue weighted by atomic mass is 16.2. The lowest BCUT2D eigenvalue weighted by Gasteiger charge is -2.12. The van der Waals surface area contributed by atoms with E-state index in [1.807, 2.05) is 0 Å². The van der Waals surface area contributed by atoms with E-state index in [2.05, 4.69) is 21.0 Å². The van der Waals surface area contributed by atoms with Gasteiger partial charge in [-0.05, 0) is 6.92 Å². The Morgan fingerprint density at radius 3 is 2.69 bits per heavy atom. The monoisotopic (exact) mass is 225 g/mol. The van der Waals surface area contributed by atoms with Crippen molar-refractivity contribution in [1.29, 1.82) is 0 Å². The van der Waals surface area contributed by atoms with Gasteiger partial charge in [-0.2, -0.15) is 5.10 Å². The summed E-state index contributed by atoms with van der Waals surface area (Å²) >= 11 is 0. The van der Waals surface area contributed by atoms with Crippen LogP contribution in [0, 0.1) is 0 Å². The molecule has 0 radical (unpaired) electrons. The third-order valence-electron chi connectivity index (χ3n) is 1.95. The normalized spacial score (nSPS) is 11.7. The van der Waals surface area contributed by atoms with Crippen molar-refractivity contribution in [3.05, 3.63) is 12.4 Å². The summed E-state index contributed by atoms with van der Waals surface area (Å²) in [5, 5.41) is 11.3. The first-order valence-electron chi connectivity index (χ1n) is 4.80. The summed E-state index contributed by atoms with van der Waals surface area (Å²) < 4.78 is 1.62. The van der Waals surface area contributed by atoms with Crippen molar-refractivity contribution in [2.24, 2.45) is 7.05 Å². The Balaban J connectivity index is 2.48. The summed E-state index contributed by atoms with van der Waals surface area (Å²) in [6, 6.07) is -1.04. The zero-order valence-electron chi connectivity index (χ0n) is 9.44. The van der Waals surface area contributed by atoms with Crippen molar-refractivity contribution < 1.29 is 9.59 Å². The molecular formula is C9H15N5O2. The van der Waals surface area contributed by atoms with E-state index in [4.69, 9.17) is 0 Å². The van der Waals surface area contributed by atoms with Crippen LogP contribution in [0.4, 0.5) is 10.5 Å². The summed E-state index contributed by atoms with van der Waals surface area (Å²) in [5.41, 5.74) is 0.724. The second kappa shape index (κ2) is 5.15. The molecule has 0 aliphatic heterocycles. The highest BCUT2D eigenvalue weighted by Gasteiger charge is 2.15. The van der Waals surface area contributed by atoms with Gasteiger partial charge in [-0.1, -0.05) is 0 Å². The molecule has 1 heterocycles. The molecule has 0 aliphatic carbocycles. The number of carbonyl (C=O) groups excluding carboxylic acids is 2. The van der Waals surface area contributed by atoms with Crippen LogP contribution in [0.2, 0.25) is 0 Å². The topological polar surface area (TPSA) is 88.1 Å². The molecule has 1 atom stereocenters. The number of amides is 3. The van der Waals surface area contributed by atoms with Crippen LogP contribution in [0.5, 0.6) is 0 Å². The molecule has 3 N–H and O–H groups in total. The highest BCUT2D eigenvalue weighted by Crippen LogP contribution is 2.05. The molecule has 0 saturated carbocycles. The van der Waals surface area contributed by atoms with Gasteiger partial charge in [0.25, 0.3) is 0 Å². The second-order valence-corrected chi connectivity index (χ2v) is 3.34. The molecule has 7 heteroatoms. The average Bonchev–Trinajstić information content (AvgIpc) is 2.63. The molecule has 0 aromatic carbocycles. The highest BCUT2D eigenvalue weighted by molar-refractivity contribution is 5.97. The second-order valence-electron chi connectivity index (χ2n) is 3.34. The fourth-order valence-electron chi connectivity index (χ4n) is 1.09. The number of carbonyl (C=O) groups is 2. The van der Waals surface area contributed by atoms with E-state index in [-0.39, 0.29) is 0 Å². The molecule has 0 spiro atoms. The Hall–Kier alpha value is -2.05. The van der Waals surface area contributed by atoms with E-state index >= 15 is 0 Å². The molecule has 0 bridgehead atoms. The maximum absolute atomic E-state index is 11.5. The maximum Gasteiger partial charge on any atom is 0.321 e. The number of urea groups is 1. The van der Waals surface area contributed by atoms with E-state index < -0.39 is 18.0 Å². The lowest BCUT2D eigenvalue weighted by molar-refractivity contribution is -0.120. The number of aryl methyl sites for hydroxylation is 1. The maximum atomic E-state index is 11.5. The van der Waals surface area contributed by atoms with Crippen molar-refractivity contribution in [3.8, 4) is 0 Å². The summed E-state index contributed by atoms with van der Waals surface area (Å²) in [5.74, 6) is -0.400. The molecule has 1 aromatic rings. The van der Waals surface area contributed by atoms with Crippen molar-refractivity contribution in [2.45, 2.75) is 13.0 Å². The van der Waals surface area contributed by atoms with Crippen molar-refractivity contribution >= 4 is 17.6 Å². The smallest absolute Gasteiger partial charge is 0.321 e. The minimum atomic E-state index is -0.523. The van der Waals surface area contributed by atoms with E-state index in [1.165, 1.54) is 7.05 Å². The molecule has 88 valence electrons. The van der Waals surface area contributed by atoms with Gasteiger partial charge in [0.15, 0.2) is 0 Å². The van der Waals surface area contributed by atoms with Gasteiger partial charge >= 0.3 is 6.03 Å². The first-order chi connectivity index (χ1) is 7.52. The molecule has 0 aliphatic rings. The summed E-state index contributed by atoms with van der Waals surface area (Å²) in [6.07, 6.45) is 3.34. The molecule has 7 nitrogen and oxygen atoms in total. The van der Waals surface area contributed by atoms with Crippen LogP contribution in [0.1, 0.15) is 6.92 Å². The van der Waals surface area contributed by atoms with E-state index in [0.717, 1.165) is 5.69 Å². The van der Waals surface area contributed by atoms with Crippen LogP contribution in [0.3, 0.4) is 0 Å². The number of imide groups is 1. The van der Waals surface area contributed by atoms with Gasteiger partial charge < -0.3 is 10.6 Å². The Morgan fingerprint density at radius 1 is 1.50 bits per heavy atom. The lowest BCUT2D eigenvalue weighted by Crippen LogP contribution is -2.44. The predicted octanol–water partition coefficient (Wildman–Crippen LogP) is -0.324. The number of aromatic nitrogens is 2. The number of nitrogens with one attached hydrogen (secondary N) is 3. The Bertz CT molecular complexity index is 387. The first kappa shape index (κ1) is 12.0. The number of hydrogen-bond acceptors (Lipinski definition) is 4. The minimum Gasteiger partial charge on any atom is -0.371 e. The van der Waals surface area contributed by atoms with Crippen molar-refractivity contribution in [2.75, 3.05) is 12.4 Å². The van der Waals surface area contributed by atoms with E-state index in [9.17, 15) is 9.59 Å². The fourth-order valence-corrected chi connectivity index (χ4v) is 1.09. The van der Waals surface area contributed by atoms with Crippen molar-refractivity contribution in [3.63, 3.8) is 0 Å². The third-order valence-corrected chi connectivity index (χ3v) is 1.95. The van der Waals surface area contributed by atoms with Gasteiger partial charge in [0.1, 0.15) is 6.04 Å². The summed E-state index contributed by atoms with van der Waals surface area (Å²) in [4.78, 5) is 22.4. The van der Waals surface area contributed by atoms with Gasteiger partial charge in [0.2, 0.25) is 5.91 Å². The van der Waals surface area contributed by atoms with E-state index in [0.29, 0.717) is 0 Å². The molecule has 1 aromatic heterocycles. The van der Waals surface area contributed by atoms with Crippen LogP contribution in [0.25, 0.3) is 0 Å². The Morgan fingerprint density at radius 2 is 2.19 bits per heavy atom. The van der Waals surface area contributed by atoms with Gasteiger partial charge in [-0.3, -0.25) is 14.8 Å². The Labute approximate surface area is 93.2 Å². The number of nitrogens with zero attached hydrogens (tertiary/aromatic N) is 2. The minimum absolute atomic E-state index is 0.400. The molecule has 16 heavy (non-hydrogen) atoms. The van der Waals surface area contributed by atoms with Crippen molar-refractivity contribution in [1.82, 2.24) is 20.4 Å². The van der Waals surface area contributed by atoms with Crippen LogP contribution in [0.15, 0.2) is 12.4 Å². The number of rotatable bonds is 3. The fraction of sp³-hybridized carbons (Fsp3) is 0.444. The number of hydrogen-bond donors (Lipinski definition) is 3. The summed E-state index contributed by atoms with van der Waals surface area (Å²) in [7, 11) is 3.22. The Kier molecular flexibility index (Phi) is 3.87. The summed E-state index contributed by atoms with van der Waals surface area (Å²) in [6.45, 7) is 1.66. The SMILES string of the molecule is CNC(=O)NC(=O)C(C)Nc1cnn(C)c1. The van der Waals surface area contributed by atoms with E-state index in [1.54, 1.807) is 31.0 Å². The average molecular weight is 225 g/mol. The third kappa shape index (κ3) is 3.26. The predicted molar refractivity (Wildman–Crippen MR) is 58.9 cm³/mol. The van der Waals surface area contributed by atoms with Crippen LogP contribution in [-0.4, -0.2) is 34.8 Å².